The Bertz CT molecular complexity index is 255. The molecule has 3 rings (SSSR count). The van der Waals surface area contributed by atoms with Gasteiger partial charge in [-0.3, -0.25) is 0 Å². The summed E-state index contributed by atoms with van der Waals surface area (Å²) >= 11 is 0. The summed E-state index contributed by atoms with van der Waals surface area (Å²) in [6.07, 6.45) is 11.9. The predicted octanol–water partition coefficient (Wildman–Crippen LogP) is 3.98. The molecule has 1 heteroatoms. The topological polar surface area (TPSA) is 12.0 Å². The minimum Gasteiger partial charge on any atom is -0.313 e. The summed E-state index contributed by atoms with van der Waals surface area (Å²) in [5, 5.41) is 3.91. The van der Waals surface area contributed by atoms with Gasteiger partial charge in [0, 0.05) is 12.6 Å². The zero-order valence-corrected chi connectivity index (χ0v) is 11.7. The molecule has 0 aromatic heterocycles. The van der Waals surface area contributed by atoms with E-state index in [2.05, 4.69) is 19.2 Å². The molecule has 3 aliphatic rings. The van der Waals surface area contributed by atoms with Gasteiger partial charge in [-0.15, -0.1) is 0 Å². The van der Waals surface area contributed by atoms with Crippen molar-refractivity contribution >= 4 is 0 Å². The first kappa shape index (κ1) is 12.0. The van der Waals surface area contributed by atoms with Crippen LogP contribution in [0.1, 0.15) is 65.2 Å². The average molecular weight is 235 g/mol. The highest BCUT2D eigenvalue weighted by atomic mass is 14.9. The third kappa shape index (κ3) is 2.70. The highest BCUT2D eigenvalue weighted by Crippen LogP contribution is 2.60. The number of hydrogen-bond acceptors (Lipinski definition) is 1. The van der Waals surface area contributed by atoms with E-state index in [0.29, 0.717) is 0 Å². The summed E-state index contributed by atoms with van der Waals surface area (Å²) in [6.45, 7) is 6.13. The molecule has 3 aliphatic carbocycles. The second-order valence-corrected chi connectivity index (χ2v) is 7.37. The summed E-state index contributed by atoms with van der Waals surface area (Å²) in [5.74, 6) is 3.02. The number of hydrogen-bond donors (Lipinski definition) is 1. The predicted molar refractivity (Wildman–Crippen MR) is 73.0 cm³/mol. The van der Waals surface area contributed by atoms with Crippen molar-refractivity contribution in [2.75, 3.05) is 6.54 Å². The van der Waals surface area contributed by atoms with Crippen molar-refractivity contribution in [3.8, 4) is 0 Å². The normalized spacial score (nSPS) is 36.2. The van der Waals surface area contributed by atoms with Gasteiger partial charge < -0.3 is 5.32 Å². The summed E-state index contributed by atoms with van der Waals surface area (Å²) in [5.41, 5.74) is 0.787. The van der Waals surface area contributed by atoms with Gasteiger partial charge >= 0.3 is 0 Å². The Labute approximate surface area is 107 Å². The standard InChI is InChI=1S/C16H29N/c1-12(2)13-3-7-15(8-4-13)17-11-16(9-10-16)14-5-6-14/h12-15,17H,3-11H2,1-2H3. The molecule has 0 radical (unpaired) electrons. The van der Waals surface area contributed by atoms with Gasteiger partial charge in [-0.25, -0.2) is 0 Å². The molecular formula is C16H29N. The average Bonchev–Trinajstić information content (AvgIpc) is 3.17. The Hall–Kier alpha value is -0.0400. The molecule has 0 saturated heterocycles. The van der Waals surface area contributed by atoms with E-state index in [-0.39, 0.29) is 0 Å². The van der Waals surface area contributed by atoms with Gasteiger partial charge in [0.05, 0.1) is 0 Å². The van der Waals surface area contributed by atoms with E-state index in [1.165, 1.54) is 57.9 Å². The lowest BCUT2D eigenvalue weighted by Crippen LogP contribution is -2.38. The Kier molecular flexibility index (Phi) is 3.23. The van der Waals surface area contributed by atoms with Crippen LogP contribution >= 0.6 is 0 Å². The summed E-state index contributed by atoms with van der Waals surface area (Å²) in [4.78, 5) is 0. The van der Waals surface area contributed by atoms with Crippen molar-refractivity contribution in [3.63, 3.8) is 0 Å². The van der Waals surface area contributed by atoms with E-state index < -0.39 is 0 Å². The molecule has 17 heavy (non-hydrogen) atoms. The molecule has 3 saturated carbocycles. The minimum atomic E-state index is 0.787. The zero-order valence-electron chi connectivity index (χ0n) is 11.7. The fourth-order valence-electron chi connectivity index (χ4n) is 3.92. The van der Waals surface area contributed by atoms with Crippen LogP contribution in [0.3, 0.4) is 0 Å². The lowest BCUT2D eigenvalue weighted by molar-refractivity contribution is 0.229. The lowest BCUT2D eigenvalue weighted by Gasteiger charge is -2.32. The smallest absolute Gasteiger partial charge is 0.00675 e. The molecular weight excluding hydrogens is 206 g/mol. The first-order chi connectivity index (χ1) is 8.20. The summed E-state index contributed by atoms with van der Waals surface area (Å²) < 4.78 is 0. The second kappa shape index (κ2) is 4.57. The monoisotopic (exact) mass is 235 g/mol. The van der Waals surface area contributed by atoms with E-state index in [0.717, 1.165) is 29.2 Å². The van der Waals surface area contributed by atoms with E-state index in [9.17, 15) is 0 Å². The highest BCUT2D eigenvalue weighted by Gasteiger charge is 2.53. The van der Waals surface area contributed by atoms with E-state index >= 15 is 0 Å². The quantitative estimate of drug-likeness (QED) is 0.760. The summed E-state index contributed by atoms with van der Waals surface area (Å²) in [6, 6.07) is 0.848. The maximum atomic E-state index is 3.91. The molecule has 0 aromatic rings. The third-order valence-electron chi connectivity index (χ3n) is 5.79. The minimum absolute atomic E-state index is 0.787. The van der Waals surface area contributed by atoms with E-state index in [1.54, 1.807) is 0 Å². The SMILES string of the molecule is CC(C)C1CCC(NCC2(C3CC3)CC2)CC1. The molecule has 0 heterocycles. The van der Waals surface area contributed by atoms with Gasteiger partial charge in [-0.2, -0.15) is 0 Å². The molecule has 0 amide bonds. The fraction of sp³-hybridized carbons (Fsp3) is 1.00. The van der Waals surface area contributed by atoms with E-state index in [4.69, 9.17) is 0 Å². The zero-order chi connectivity index (χ0) is 11.9. The van der Waals surface area contributed by atoms with Gasteiger partial charge in [0.25, 0.3) is 0 Å². The van der Waals surface area contributed by atoms with Crippen molar-refractivity contribution in [3.05, 3.63) is 0 Å². The van der Waals surface area contributed by atoms with Gasteiger partial charge in [-0.05, 0) is 74.5 Å². The molecule has 0 atom stereocenters. The fourth-order valence-corrected chi connectivity index (χ4v) is 3.92. The summed E-state index contributed by atoms with van der Waals surface area (Å²) in [7, 11) is 0. The van der Waals surface area contributed by atoms with Gasteiger partial charge in [0.2, 0.25) is 0 Å². The third-order valence-corrected chi connectivity index (χ3v) is 5.79. The molecule has 1 nitrogen and oxygen atoms in total. The Morgan fingerprint density at radius 2 is 1.65 bits per heavy atom. The van der Waals surface area contributed by atoms with Crippen LogP contribution in [0.2, 0.25) is 0 Å². The lowest BCUT2D eigenvalue weighted by atomic mass is 9.79. The number of nitrogens with one attached hydrogen (secondary N) is 1. The molecule has 0 spiro atoms. The van der Waals surface area contributed by atoms with Gasteiger partial charge in [-0.1, -0.05) is 13.8 Å². The van der Waals surface area contributed by atoms with Gasteiger partial charge in [0.1, 0.15) is 0 Å². The first-order valence-corrected chi connectivity index (χ1v) is 7.93. The van der Waals surface area contributed by atoms with Crippen LogP contribution in [-0.4, -0.2) is 12.6 Å². The second-order valence-electron chi connectivity index (χ2n) is 7.37. The molecule has 0 aliphatic heterocycles. The van der Waals surface area contributed by atoms with Crippen LogP contribution in [0.15, 0.2) is 0 Å². The maximum Gasteiger partial charge on any atom is 0.00675 e. The number of rotatable bonds is 5. The van der Waals surface area contributed by atoms with Crippen LogP contribution < -0.4 is 5.32 Å². The maximum absolute atomic E-state index is 3.91. The van der Waals surface area contributed by atoms with Crippen molar-refractivity contribution in [1.29, 1.82) is 0 Å². The molecule has 1 N–H and O–H groups in total. The molecule has 0 unspecified atom stereocenters. The Balaban J connectivity index is 1.39. The van der Waals surface area contributed by atoms with E-state index in [1.807, 2.05) is 0 Å². The van der Waals surface area contributed by atoms with Crippen LogP contribution in [0.25, 0.3) is 0 Å². The molecule has 0 bridgehead atoms. The van der Waals surface area contributed by atoms with Crippen LogP contribution in [0.5, 0.6) is 0 Å². The van der Waals surface area contributed by atoms with Crippen LogP contribution in [0.4, 0.5) is 0 Å². The van der Waals surface area contributed by atoms with Crippen molar-refractivity contribution < 1.29 is 0 Å². The molecule has 0 aromatic carbocycles. The van der Waals surface area contributed by atoms with Crippen LogP contribution in [-0.2, 0) is 0 Å². The molecule has 3 fully saturated rings. The van der Waals surface area contributed by atoms with Crippen molar-refractivity contribution in [2.45, 2.75) is 71.3 Å². The largest absolute Gasteiger partial charge is 0.313 e. The van der Waals surface area contributed by atoms with Gasteiger partial charge in [0.15, 0.2) is 0 Å². The first-order valence-electron chi connectivity index (χ1n) is 7.93. The van der Waals surface area contributed by atoms with Crippen molar-refractivity contribution in [1.82, 2.24) is 5.32 Å². The van der Waals surface area contributed by atoms with Crippen LogP contribution in [0, 0.1) is 23.2 Å². The Morgan fingerprint density at radius 3 is 2.12 bits per heavy atom. The van der Waals surface area contributed by atoms with Crippen molar-refractivity contribution in [2.24, 2.45) is 23.2 Å². The highest BCUT2D eigenvalue weighted by molar-refractivity contribution is 5.05. The Morgan fingerprint density at radius 1 is 1.00 bits per heavy atom. The molecule has 98 valence electrons.